The number of carbonyl (C=O) groups is 1. The first-order valence-electron chi connectivity index (χ1n) is 4.89. The van der Waals surface area contributed by atoms with Gasteiger partial charge in [0.05, 0.1) is 7.11 Å². The number of esters is 1. The van der Waals surface area contributed by atoms with Gasteiger partial charge in [-0.15, -0.1) is 0 Å². The zero-order valence-electron chi connectivity index (χ0n) is 8.74. The largest absolute Gasteiger partial charge is 0.475 e. The molecule has 4 nitrogen and oxygen atoms in total. The van der Waals surface area contributed by atoms with Crippen LogP contribution in [0.4, 0.5) is 0 Å². The van der Waals surface area contributed by atoms with E-state index in [0.717, 1.165) is 18.7 Å². The molecule has 14 heavy (non-hydrogen) atoms. The zero-order chi connectivity index (χ0) is 10.3. The van der Waals surface area contributed by atoms with Crippen LogP contribution in [0.25, 0.3) is 0 Å². The number of hydrogen-bond acceptors (Lipinski definition) is 4. The summed E-state index contributed by atoms with van der Waals surface area (Å²) in [7, 11) is 1.38. The molecule has 2 rings (SSSR count). The topological polar surface area (TPSA) is 47.9 Å². The molecule has 1 aliphatic carbocycles. The SMILES string of the molecule is COC(=O)[C@@H]1N=C(C2(C)CC2)O[C@H]1C. The van der Waals surface area contributed by atoms with Crippen LogP contribution in [-0.2, 0) is 14.3 Å². The Hall–Kier alpha value is -1.06. The molecule has 1 fully saturated rings. The van der Waals surface area contributed by atoms with Crippen molar-refractivity contribution < 1.29 is 14.3 Å². The average molecular weight is 197 g/mol. The number of methoxy groups -OCH3 is 1. The van der Waals surface area contributed by atoms with Gasteiger partial charge < -0.3 is 9.47 Å². The highest BCUT2D eigenvalue weighted by Crippen LogP contribution is 2.48. The molecular formula is C10H15NO3. The van der Waals surface area contributed by atoms with Crippen molar-refractivity contribution in [1.82, 2.24) is 0 Å². The van der Waals surface area contributed by atoms with Crippen molar-refractivity contribution in [2.75, 3.05) is 7.11 Å². The summed E-state index contributed by atoms with van der Waals surface area (Å²) in [4.78, 5) is 15.6. The average Bonchev–Trinajstić information content (AvgIpc) is 2.78. The summed E-state index contributed by atoms with van der Waals surface area (Å²) in [6.45, 7) is 3.96. The Labute approximate surface area is 83.3 Å². The highest BCUT2D eigenvalue weighted by molar-refractivity contribution is 5.91. The first-order valence-corrected chi connectivity index (χ1v) is 4.89. The van der Waals surface area contributed by atoms with Crippen LogP contribution in [-0.4, -0.2) is 31.1 Å². The smallest absolute Gasteiger partial charge is 0.334 e. The quantitative estimate of drug-likeness (QED) is 0.624. The van der Waals surface area contributed by atoms with E-state index in [2.05, 4.69) is 16.7 Å². The lowest BCUT2D eigenvalue weighted by Crippen LogP contribution is -2.28. The minimum Gasteiger partial charge on any atom is -0.475 e. The van der Waals surface area contributed by atoms with Gasteiger partial charge >= 0.3 is 5.97 Å². The van der Waals surface area contributed by atoms with Gasteiger partial charge in [-0.2, -0.15) is 0 Å². The molecule has 78 valence electrons. The molecule has 0 saturated heterocycles. The molecule has 0 amide bonds. The normalized spacial score (nSPS) is 33.2. The fraction of sp³-hybridized carbons (Fsp3) is 0.800. The molecule has 0 N–H and O–H groups in total. The standard InChI is InChI=1S/C10H15NO3/c1-6-7(8(12)13-3)11-9(14-6)10(2)4-5-10/h6-7H,4-5H2,1-3H3/t6-,7+/m0/s1. The van der Waals surface area contributed by atoms with Crippen LogP contribution in [0.5, 0.6) is 0 Å². The molecule has 1 aliphatic heterocycles. The first-order chi connectivity index (χ1) is 6.57. The van der Waals surface area contributed by atoms with Crippen LogP contribution in [0.15, 0.2) is 4.99 Å². The van der Waals surface area contributed by atoms with E-state index in [9.17, 15) is 4.79 Å². The van der Waals surface area contributed by atoms with E-state index in [-0.39, 0.29) is 17.5 Å². The van der Waals surface area contributed by atoms with Gasteiger partial charge in [-0.05, 0) is 19.8 Å². The summed E-state index contributed by atoms with van der Waals surface area (Å²) in [6, 6.07) is -0.465. The molecule has 0 aromatic carbocycles. The highest BCUT2D eigenvalue weighted by atomic mass is 16.5. The molecule has 0 radical (unpaired) electrons. The van der Waals surface area contributed by atoms with E-state index >= 15 is 0 Å². The van der Waals surface area contributed by atoms with Crippen LogP contribution in [0, 0.1) is 5.41 Å². The molecule has 0 unspecified atom stereocenters. The molecule has 2 aliphatic rings. The van der Waals surface area contributed by atoms with Gasteiger partial charge in [0.1, 0.15) is 6.10 Å². The number of hydrogen-bond donors (Lipinski definition) is 0. The molecule has 0 aromatic heterocycles. The summed E-state index contributed by atoms with van der Waals surface area (Å²) in [5.41, 5.74) is 0.0943. The van der Waals surface area contributed by atoms with Gasteiger partial charge in [-0.1, -0.05) is 6.92 Å². The summed E-state index contributed by atoms with van der Waals surface area (Å²) < 4.78 is 10.2. The molecule has 0 spiro atoms. The van der Waals surface area contributed by atoms with Gasteiger partial charge in [-0.25, -0.2) is 9.79 Å². The number of rotatable bonds is 2. The van der Waals surface area contributed by atoms with E-state index in [1.54, 1.807) is 0 Å². The number of aliphatic imine (C=N–C) groups is 1. The second kappa shape index (κ2) is 2.97. The van der Waals surface area contributed by atoms with Crippen LogP contribution in [0.2, 0.25) is 0 Å². The van der Waals surface area contributed by atoms with Gasteiger partial charge in [0.15, 0.2) is 11.9 Å². The number of nitrogens with zero attached hydrogens (tertiary/aromatic N) is 1. The lowest BCUT2D eigenvalue weighted by molar-refractivity contribution is -0.143. The monoisotopic (exact) mass is 197 g/mol. The molecule has 1 heterocycles. The van der Waals surface area contributed by atoms with Crippen molar-refractivity contribution in [2.45, 2.75) is 38.8 Å². The van der Waals surface area contributed by atoms with E-state index in [0.29, 0.717) is 0 Å². The Morgan fingerprint density at radius 3 is 2.79 bits per heavy atom. The Bertz CT molecular complexity index is 294. The lowest BCUT2D eigenvalue weighted by atomic mass is 10.1. The number of carbonyl (C=O) groups excluding carboxylic acids is 1. The third kappa shape index (κ3) is 1.38. The summed E-state index contributed by atoms with van der Waals surface area (Å²) in [5, 5.41) is 0. The maximum atomic E-state index is 11.3. The molecule has 4 heteroatoms. The van der Waals surface area contributed by atoms with Crippen LogP contribution in [0.1, 0.15) is 26.7 Å². The van der Waals surface area contributed by atoms with Crippen molar-refractivity contribution >= 4 is 11.9 Å². The van der Waals surface area contributed by atoms with Crippen LogP contribution in [0.3, 0.4) is 0 Å². The Kier molecular flexibility index (Phi) is 2.01. The van der Waals surface area contributed by atoms with E-state index in [1.165, 1.54) is 7.11 Å². The van der Waals surface area contributed by atoms with E-state index in [1.807, 2.05) is 6.92 Å². The lowest BCUT2D eigenvalue weighted by Gasteiger charge is -2.11. The Morgan fingerprint density at radius 2 is 2.29 bits per heavy atom. The number of ether oxygens (including phenoxy) is 2. The predicted octanol–water partition coefficient (Wildman–Crippen LogP) is 1.15. The third-order valence-electron chi connectivity index (χ3n) is 2.96. The van der Waals surface area contributed by atoms with Crippen molar-refractivity contribution in [3.05, 3.63) is 0 Å². The van der Waals surface area contributed by atoms with Crippen molar-refractivity contribution in [2.24, 2.45) is 10.4 Å². The fourth-order valence-corrected chi connectivity index (χ4v) is 1.57. The minimum absolute atomic E-state index is 0.0943. The molecule has 0 bridgehead atoms. The zero-order valence-corrected chi connectivity index (χ0v) is 8.74. The van der Waals surface area contributed by atoms with E-state index < -0.39 is 6.04 Å². The van der Waals surface area contributed by atoms with Gasteiger partial charge in [0, 0.05) is 5.41 Å². The minimum atomic E-state index is -0.465. The van der Waals surface area contributed by atoms with Gasteiger partial charge in [0.25, 0.3) is 0 Å². The highest BCUT2D eigenvalue weighted by Gasteiger charge is 2.49. The summed E-state index contributed by atoms with van der Waals surface area (Å²) in [6.07, 6.45) is 2.02. The van der Waals surface area contributed by atoms with Crippen LogP contribution >= 0.6 is 0 Å². The third-order valence-corrected chi connectivity index (χ3v) is 2.96. The second-order valence-corrected chi connectivity index (χ2v) is 4.29. The van der Waals surface area contributed by atoms with Crippen molar-refractivity contribution in [1.29, 1.82) is 0 Å². The second-order valence-electron chi connectivity index (χ2n) is 4.29. The van der Waals surface area contributed by atoms with Crippen LogP contribution < -0.4 is 0 Å². The Balaban J connectivity index is 2.13. The van der Waals surface area contributed by atoms with Crippen molar-refractivity contribution in [3.63, 3.8) is 0 Å². The summed E-state index contributed by atoms with van der Waals surface area (Å²) >= 11 is 0. The maximum absolute atomic E-state index is 11.3. The van der Waals surface area contributed by atoms with Gasteiger partial charge in [0.2, 0.25) is 0 Å². The Morgan fingerprint density at radius 1 is 1.64 bits per heavy atom. The first kappa shape index (κ1) is 9.49. The molecule has 0 aromatic rings. The van der Waals surface area contributed by atoms with E-state index in [4.69, 9.17) is 4.74 Å². The van der Waals surface area contributed by atoms with Gasteiger partial charge in [-0.3, -0.25) is 0 Å². The molecule has 2 atom stereocenters. The molecular weight excluding hydrogens is 182 g/mol. The van der Waals surface area contributed by atoms with Crippen molar-refractivity contribution in [3.8, 4) is 0 Å². The fourth-order valence-electron chi connectivity index (χ4n) is 1.57. The maximum Gasteiger partial charge on any atom is 0.334 e. The molecule has 1 saturated carbocycles. The predicted molar refractivity (Wildman–Crippen MR) is 51.1 cm³/mol. The summed E-state index contributed by atoms with van der Waals surface area (Å²) in [5.74, 6) is 0.428.